The highest BCUT2D eigenvalue weighted by Gasteiger charge is 2.29. The van der Waals surface area contributed by atoms with Gasteiger partial charge in [0.1, 0.15) is 18.3 Å². The van der Waals surface area contributed by atoms with Crippen molar-refractivity contribution in [3.05, 3.63) is 24.0 Å². The molecular weight excluding hydrogens is 275 g/mol. The lowest BCUT2D eigenvalue weighted by Crippen LogP contribution is -2.37. The van der Waals surface area contributed by atoms with Gasteiger partial charge in [-0.2, -0.15) is 13.2 Å². The predicted molar refractivity (Wildman–Crippen MR) is 54.8 cm³/mol. The fourth-order valence-corrected chi connectivity index (χ4v) is 1.33. The van der Waals surface area contributed by atoms with Gasteiger partial charge in [-0.15, -0.1) is 0 Å². The SMILES string of the molecule is O=C(NCC(O)C(F)F)c1cccn1CC(F)(F)F. The van der Waals surface area contributed by atoms with Gasteiger partial charge in [0.2, 0.25) is 0 Å². The summed E-state index contributed by atoms with van der Waals surface area (Å²) in [7, 11) is 0. The number of hydrogen-bond acceptors (Lipinski definition) is 2. The summed E-state index contributed by atoms with van der Waals surface area (Å²) in [6.45, 7) is -2.10. The Morgan fingerprint density at radius 3 is 2.58 bits per heavy atom. The van der Waals surface area contributed by atoms with E-state index >= 15 is 0 Å². The minimum absolute atomic E-state index is 0.321. The Morgan fingerprint density at radius 2 is 2.05 bits per heavy atom. The second kappa shape index (κ2) is 6.00. The largest absolute Gasteiger partial charge is 0.406 e. The molecule has 2 N–H and O–H groups in total. The van der Waals surface area contributed by atoms with Crippen molar-refractivity contribution in [1.29, 1.82) is 0 Å². The van der Waals surface area contributed by atoms with Gasteiger partial charge in [-0.25, -0.2) is 8.78 Å². The first-order chi connectivity index (χ1) is 8.70. The highest BCUT2D eigenvalue weighted by Crippen LogP contribution is 2.19. The van der Waals surface area contributed by atoms with E-state index in [-0.39, 0.29) is 5.69 Å². The molecule has 0 aliphatic rings. The van der Waals surface area contributed by atoms with Crippen molar-refractivity contribution in [2.24, 2.45) is 0 Å². The molecule has 0 aliphatic heterocycles. The van der Waals surface area contributed by atoms with Crippen LogP contribution in [0.5, 0.6) is 0 Å². The summed E-state index contributed by atoms with van der Waals surface area (Å²) in [6.07, 6.45) is -8.56. The molecule has 1 aromatic rings. The van der Waals surface area contributed by atoms with Crippen LogP contribution in [-0.2, 0) is 6.54 Å². The zero-order valence-electron chi connectivity index (χ0n) is 9.49. The molecular formula is C10H11F5N2O2. The Kier molecular flexibility index (Phi) is 4.87. The molecule has 0 fully saturated rings. The van der Waals surface area contributed by atoms with Crippen LogP contribution in [0.2, 0.25) is 0 Å². The van der Waals surface area contributed by atoms with Crippen molar-refractivity contribution in [1.82, 2.24) is 9.88 Å². The zero-order chi connectivity index (χ0) is 14.6. The predicted octanol–water partition coefficient (Wildman–Crippen LogP) is 1.41. The molecule has 9 heteroatoms. The number of carbonyl (C=O) groups excluding carboxylic acids is 1. The molecule has 1 heterocycles. The van der Waals surface area contributed by atoms with Crippen LogP contribution in [0.4, 0.5) is 22.0 Å². The summed E-state index contributed by atoms with van der Waals surface area (Å²) in [4.78, 5) is 11.5. The smallest absolute Gasteiger partial charge is 0.385 e. The Morgan fingerprint density at radius 1 is 1.42 bits per heavy atom. The van der Waals surface area contributed by atoms with Crippen molar-refractivity contribution >= 4 is 5.91 Å². The molecule has 0 aliphatic carbocycles. The molecule has 4 nitrogen and oxygen atoms in total. The van der Waals surface area contributed by atoms with E-state index in [4.69, 9.17) is 5.11 Å². The molecule has 0 spiro atoms. The lowest BCUT2D eigenvalue weighted by Gasteiger charge is -2.13. The van der Waals surface area contributed by atoms with Gasteiger partial charge >= 0.3 is 6.18 Å². The Labute approximate surface area is 104 Å². The molecule has 1 rings (SSSR count). The van der Waals surface area contributed by atoms with Crippen LogP contribution in [0.1, 0.15) is 10.5 Å². The number of nitrogens with zero attached hydrogens (tertiary/aromatic N) is 1. The van der Waals surface area contributed by atoms with E-state index in [1.165, 1.54) is 6.07 Å². The second-order valence-electron chi connectivity index (χ2n) is 3.75. The van der Waals surface area contributed by atoms with E-state index in [0.717, 1.165) is 12.3 Å². The van der Waals surface area contributed by atoms with Crippen molar-refractivity contribution in [2.75, 3.05) is 6.54 Å². The van der Waals surface area contributed by atoms with Gasteiger partial charge in [0, 0.05) is 12.7 Å². The zero-order valence-corrected chi connectivity index (χ0v) is 9.49. The van der Waals surface area contributed by atoms with Crippen molar-refractivity contribution < 1.29 is 31.9 Å². The number of aromatic nitrogens is 1. The van der Waals surface area contributed by atoms with Crippen LogP contribution in [0.15, 0.2) is 18.3 Å². The molecule has 108 valence electrons. The second-order valence-corrected chi connectivity index (χ2v) is 3.75. The summed E-state index contributed by atoms with van der Waals surface area (Å²) in [6, 6.07) is 2.35. The number of aliphatic hydroxyl groups is 1. The minimum Gasteiger partial charge on any atom is -0.385 e. The monoisotopic (exact) mass is 286 g/mol. The molecule has 1 atom stereocenters. The van der Waals surface area contributed by atoms with Crippen LogP contribution >= 0.6 is 0 Å². The molecule has 1 amide bonds. The summed E-state index contributed by atoms with van der Waals surface area (Å²) in [5.41, 5.74) is -0.321. The molecule has 0 saturated heterocycles. The summed E-state index contributed by atoms with van der Waals surface area (Å²) >= 11 is 0. The molecule has 0 aromatic carbocycles. The highest BCUT2D eigenvalue weighted by molar-refractivity contribution is 5.92. The van der Waals surface area contributed by atoms with Gasteiger partial charge in [-0.1, -0.05) is 0 Å². The van der Waals surface area contributed by atoms with Crippen molar-refractivity contribution in [3.8, 4) is 0 Å². The first-order valence-corrected chi connectivity index (χ1v) is 5.17. The van der Waals surface area contributed by atoms with Gasteiger partial charge < -0.3 is 15.0 Å². The Balaban J connectivity index is 2.65. The van der Waals surface area contributed by atoms with Crippen LogP contribution in [0.25, 0.3) is 0 Å². The lowest BCUT2D eigenvalue weighted by atomic mass is 10.3. The van der Waals surface area contributed by atoms with E-state index in [1.807, 2.05) is 5.32 Å². The van der Waals surface area contributed by atoms with Crippen molar-refractivity contribution in [3.63, 3.8) is 0 Å². The number of hydrogen-bond donors (Lipinski definition) is 2. The summed E-state index contributed by atoms with van der Waals surface area (Å²) < 4.78 is 61.1. The van der Waals surface area contributed by atoms with Crippen LogP contribution in [0, 0.1) is 0 Å². The van der Waals surface area contributed by atoms with E-state index in [2.05, 4.69) is 0 Å². The van der Waals surface area contributed by atoms with Gasteiger partial charge in [0.05, 0.1) is 0 Å². The van der Waals surface area contributed by atoms with E-state index < -0.39 is 37.7 Å². The normalized spacial score (nSPS) is 13.6. The summed E-state index contributed by atoms with van der Waals surface area (Å²) in [5, 5.41) is 10.7. The molecule has 1 unspecified atom stereocenters. The van der Waals surface area contributed by atoms with Gasteiger partial charge in [-0.3, -0.25) is 4.79 Å². The molecule has 0 radical (unpaired) electrons. The average Bonchev–Trinajstić information content (AvgIpc) is 2.70. The number of aliphatic hydroxyl groups excluding tert-OH is 1. The first-order valence-electron chi connectivity index (χ1n) is 5.17. The van der Waals surface area contributed by atoms with Gasteiger partial charge in [-0.05, 0) is 12.1 Å². The third-order valence-corrected chi connectivity index (χ3v) is 2.17. The minimum atomic E-state index is -4.50. The maximum Gasteiger partial charge on any atom is 0.406 e. The number of alkyl halides is 5. The number of amides is 1. The lowest BCUT2D eigenvalue weighted by molar-refractivity contribution is -0.140. The van der Waals surface area contributed by atoms with Crippen LogP contribution in [0.3, 0.4) is 0 Å². The van der Waals surface area contributed by atoms with E-state index in [0.29, 0.717) is 4.57 Å². The van der Waals surface area contributed by atoms with E-state index in [1.54, 1.807) is 0 Å². The van der Waals surface area contributed by atoms with Gasteiger partial charge in [0.25, 0.3) is 12.3 Å². The average molecular weight is 286 g/mol. The third kappa shape index (κ3) is 4.86. The summed E-state index contributed by atoms with van der Waals surface area (Å²) in [5.74, 6) is -0.964. The Hall–Kier alpha value is -1.64. The highest BCUT2D eigenvalue weighted by atomic mass is 19.4. The van der Waals surface area contributed by atoms with Gasteiger partial charge in [0.15, 0.2) is 0 Å². The standard InChI is InChI=1S/C10H11F5N2O2/c11-8(12)7(18)4-16-9(19)6-2-1-3-17(6)5-10(13,14)15/h1-3,7-8,18H,4-5H2,(H,16,19). The number of nitrogens with one attached hydrogen (secondary N) is 1. The van der Waals surface area contributed by atoms with E-state index in [9.17, 15) is 26.7 Å². The fraction of sp³-hybridized carbons (Fsp3) is 0.500. The maximum absolute atomic E-state index is 12.2. The quantitative estimate of drug-likeness (QED) is 0.804. The van der Waals surface area contributed by atoms with Crippen molar-refractivity contribution in [2.45, 2.75) is 25.3 Å². The number of rotatable bonds is 5. The maximum atomic E-state index is 12.2. The molecule has 0 bridgehead atoms. The topological polar surface area (TPSA) is 54.3 Å². The molecule has 0 saturated carbocycles. The molecule has 19 heavy (non-hydrogen) atoms. The fourth-order valence-electron chi connectivity index (χ4n) is 1.33. The number of halogens is 5. The third-order valence-electron chi connectivity index (χ3n) is 2.17. The first kappa shape index (κ1) is 15.4. The number of carbonyl (C=O) groups is 1. The molecule has 1 aromatic heterocycles. The van der Waals surface area contributed by atoms with Crippen LogP contribution < -0.4 is 5.32 Å². The Bertz CT molecular complexity index is 430. The van der Waals surface area contributed by atoms with Crippen LogP contribution in [-0.4, -0.2) is 40.8 Å².